The highest BCUT2D eigenvalue weighted by Gasteiger charge is 2.75. The highest BCUT2D eigenvalue weighted by atomic mass is 19.4. The minimum atomic E-state index is -4.82. The van der Waals surface area contributed by atoms with Gasteiger partial charge in [0.2, 0.25) is 5.91 Å². The van der Waals surface area contributed by atoms with Gasteiger partial charge in [0.05, 0.1) is 17.5 Å². The lowest BCUT2D eigenvalue weighted by Gasteiger charge is -2.65. The molecule has 2 heterocycles. The number of nitrogens with zero attached hydrogens (tertiary/aromatic N) is 2. The lowest BCUT2D eigenvalue weighted by molar-refractivity contribution is -0.274. The molecule has 6 rings (SSSR count). The van der Waals surface area contributed by atoms with Gasteiger partial charge in [-0.15, -0.1) is 13.2 Å². The fourth-order valence-corrected chi connectivity index (χ4v) is 7.82. The van der Waals surface area contributed by atoms with Gasteiger partial charge in [-0.1, -0.05) is 18.2 Å². The molecular weight excluding hydrogens is 541 g/mol. The van der Waals surface area contributed by atoms with Gasteiger partial charge in [0.15, 0.2) is 11.5 Å². The van der Waals surface area contributed by atoms with Crippen molar-refractivity contribution >= 4 is 18.0 Å². The van der Waals surface area contributed by atoms with Crippen molar-refractivity contribution in [2.24, 2.45) is 0 Å². The Bertz CT molecular complexity index is 1440. The fourth-order valence-electron chi connectivity index (χ4n) is 7.82. The van der Waals surface area contributed by atoms with Gasteiger partial charge in [-0.2, -0.15) is 0 Å². The quantitative estimate of drug-likeness (QED) is 0.425. The van der Waals surface area contributed by atoms with Crippen molar-refractivity contribution < 1.29 is 42.1 Å². The third-order valence-corrected chi connectivity index (χ3v) is 9.34. The second-order valence-corrected chi connectivity index (χ2v) is 11.4. The molecule has 2 fully saturated rings. The van der Waals surface area contributed by atoms with Crippen LogP contribution in [0.15, 0.2) is 42.5 Å². The Balaban J connectivity index is 1.35. The second kappa shape index (κ2) is 9.40. The summed E-state index contributed by atoms with van der Waals surface area (Å²) in [4.78, 5) is 29.8. The molecule has 2 bridgehead atoms. The first-order chi connectivity index (χ1) is 19.4. The van der Waals surface area contributed by atoms with E-state index in [1.54, 1.807) is 24.1 Å². The van der Waals surface area contributed by atoms with E-state index in [-0.39, 0.29) is 29.4 Å². The molecule has 0 radical (unpaired) electrons. The molecule has 2 aliphatic carbocycles. The van der Waals surface area contributed by atoms with Crippen LogP contribution in [0.5, 0.6) is 17.2 Å². The summed E-state index contributed by atoms with van der Waals surface area (Å²) in [5.41, 5.74) is 0.625. The van der Waals surface area contributed by atoms with Crippen molar-refractivity contribution in [2.45, 2.75) is 68.2 Å². The number of carbonyl (C=O) groups is 2. The van der Waals surface area contributed by atoms with Crippen LogP contribution in [0, 0.1) is 0 Å². The molecule has 0 aromatic heterocycles. The highest BCUT2D eigenvalue weighted by molar-refractivity contribution is 5.92. The monoisotopic (exact) mass is 572 g/mol. The van der Waals surface area contributed by atoms with Crippen LogP contribution in [-0.2, 0) is 26.2 Å². The molecule has 1 amide bonds. The van der Waals surface area contributed by atoms with Crippen LogP contribution in [0.2, 0.25) is 0 Å². The first-order valence-corrected chi connectivity index (χ1v) is 13.6. The summed E-state index contributed by atoms with van der Waals surface area (Å²) in [6.45, 7) is 2.13. The number of aromatic hydroxyl groups is 1. The Kier molecular flexibility index (Phi) is 6.29. The molecule has 1 N–H and O–H groups in total. The number of benzene rings is 2. The van der Waals surface area contributed by atoms with Crippen LogP contribution in [-0.4, -0.2) is 77.6 Å². The number of phenols is 1. The Morgan fingerprint density at radius 3 is 2.73 bits per heavy atom. The number of halogens is 3. The van der Waals surface area contributed by atoms with E-state index in [9.17, 15) is 27.9 Å². The molecule has 2 aliphatic heterocycles. The lowest BCUT2D eigenvalue weighted by Crippen LogP contribution is -2.78. The summed E-state index contributed by atoms with van der Waals surface area (Å²) < 4.78 is 54.7. The summed E-state index contributed by atoms with van der Waals surface area (Å²) in [5, 5.41) is 10.8. The van der Waals surface area contributed by atoms with Crippen LogP contribution in [0.4, 0.5) is 13.2 Å². The molecule has 218 valence electrons. The van der Waals surface area contributed by atoms with Crippen molar-refractivity contribution in [1.82, 2.24) is 9.80 Å². The molecule has 8 nitrogen and oxygen atoms in total. The molecule has 2 aromatic rings. The highest BCUT2D eigenvalue weighted by Crippen LogP contribution is 2.66. The maximum Gasteiger partial charge on any atom is 0.573 e. The smallest absolute Gasteiger partial charge is 0.504 e. The summed E-state index contributed by atoms with van der Waals surface area (Å²) in [7, 11) is 3.69. The fraction of sp³-hybridized carbons (Fsp3) is 0.467. The van der Waals surface area contributed by atoms with Gasteiger partial charge in [0.1, 0.15) is 17.5 Å². The maximum atomic E-state index is 13.4. The average molecular weight is 573 g/mol. The second-order valence-electron chi connectivity index (χ2n) is 11.4. The first kappa shape index (κ1) is 27.4. The largest absolute Gasteiger partial charge is 0.573 e. The van der Waals surface area contributed by atoms with E-state index in [0.717, 1.165) is 17.7 Å². The number of likely N-dealkylation sites (N-methyl/N-ethyl adjacent to an activating group) is 2. The van der Waals surface area contributed by atoms with E-state index in [0.29, 0.717) is 37.0 Å². The standard InChI is InChI=1S/C30H31F3N2O6/c1-17(36)40-29-12-11-21(35(3)24(38)10-7-18-5-4-6-20(15-18)41-30(31,32)33)27-28(29)13-14-34(2)23(29)16-19-8-9-22(37)26(39-27)25(19)28/h4-10,15,21,23,27,37H,11-14,16H2,1-3H3/b10-7+/t21?,23-,27?,28+,29-/m1/s1. The van der Waals surface area contributed by atoms with E-state index in [2.05, 4.69) is 9.64 Å². The van der Waals surface area contributed by atoms with E-state index in [1.807, 2.05) is 13.1 Å². The van der Waals surface area contributed by atoms with Gasteiger partial charge < -0.3 is 24.2 Å². The van der Waals surface area contributed by atoms with Gasteiger partial charge in [0.25, 0.3) is 0 Å². The Labute approximate surface area is 235 Å². The lowest BCUT2D eigenvalue weighted by atomic mass is 9.48. The van der Waals surface area contributed by atoms with Gasteiger partial charge in [0, 0.05) is 25.6 Å². The van der Waals surface area contributed by atoms with E-state index >= 15 is 0 Å². The number of rotatable bonds is 5. The third kappa shape index (κ3) is 4.15. The number of alkyl halides is 3. The van der Waals surface area contributed by atoms with E-state index < -0.39 is 29.5 Å². The maximum absolute atomic E-state index is 13.4. The number of carbonyl (C=O) groups excluding carboxylic acids is 2. The average Bonchev–Trinajstić information content (AvgIpc) is 3.25. The minimum absolute atomic E-state index is 0.00945. The molecule has 11 heteroatoms. The summed E-state index contributed by atoms with van der Waals surface area (Å²) in [6.07, 6.45) is -0.420. The molecule has 2 aromatic carbocycles. The number of hydrogen-bond donors (Lipinski definition) is 1. The van der Waals surface area contributed by atoms with Crippen LogP contribution in [0.25, 0.3) is 6.08 Å². The van der Waals surface area contributed by atoms with Crippen molar-refractivity contribution in [3.63, 3.8) is 0 Å². The molecule has 4 aliphatic rings. The van der Waals surface area contributed by atoms with Crippen LogP contribution in [0.3, 0.4) is 0 Å². The van der Waals surface area contributed by atoms with Gasteiger partial charge in [-0.3, -0.25) is 14.5 Å². The molecular formula is C30H31F3N2O6. The van der Waals surface area contributed by atoms with Crippen LogP contribution >= 0.6 is 0 Å². The zero-order valence-corrected chi connectivity index (χ0v) is 22.9. The number of ether oxygens (including phenoxy) is 3. The zero-order chi connectivity index (χ0) is 29.3. The normalized spacial score (nSPS) is 30.0. The summed E-state index contributed by atoms with van der Waals surface area (Å²) in [6, 6.07) is 8.39. The number of phenolic OH excluding ortho intramolecular Hbond substituents is 1. The summed E-state index contributed by atoms with van der Waals surface area (Å²) in [5.74, 6) is -0.733. The first-order valence-electron chi connectivity index (χ1n) is 13.6. The third-order valence-electron chi connectivity index (χ3n) is 9.34. The van der Waals surface area contributed by atoms with E-state index in [4.69, 9.17) is 9.47 Å². The number of likely N-dealkylation sites (tertiary alicyclic amines) is 1. The number of piperidine rings is 1. The van der Waals surface area contributed by atoms with E-state index in [1.165, 1.54) is 37.3 Å². The number of amides is 1. The van der Waals surface area contributed by atoms with Crippen LogP contribution in [0.1, 0.15) is 42.9 Å². The number of esters is 1. The minimum Gasteiger partial charge on any atom is -0.504 e. The van der Waals surface area contributed by atoms with Gasteiger partial charge in [-0.05, 0) is 74.7 Å². The zero-order valence-electron chi connectivity index (χ0n) is 22.9. The topological polar surface area (TPSA) is 88.5 Å². The number of hydrogen-bond acceptors (Lipinski definition) is 7. The van der Waals surface area contributed by atoms with Crippen molar-refractivity contribution in [3.8, 4) is 17.2 Å². The Morgan fingerprint density at radius 1 is 1.22 bits per heavy atom. The predicted molar refractivity (Wildman–Crippen MR) is 141 cm³/mol. The summed E-state index contributed by atoms with van der Waals surface area (Å²) >= 11 is 0. The molecule has 1 saturated heterocycles. The van der Waals surface area contributed by atoms with Crippen molar-refractivity contribution in [1.29, 1.82) is 0 Å². The van der Waals surface area contributed by atoms with Crippen LogP contribution < -0.4 is 9.47 Å². The van der Waals surface area contributed by atoms with Crippen molar-refractivity contribution in [2.75, 3.05) is 20.6 Å². The molecule has 41 heavy (non-hydrogen) atoms. The Hall–Kier alpha value is -3.73. The SMILES string of the molecule is CC(=O)O[C@@]12CCC(N(C)C(=O)/C=C/c3cccc(OC(F)(F)F)c3)C3Oc4c(O)ccc5c4[C@@]31CCN(C)[C@@H]2C5. The molecule has 2 unspecified atom stereocenters. The molecule has 5 atom stereocenters. The Morgan fingerprint density at radius 2 is 2.00 bits per heavy atom. The van der Waals surface area contributed by atoms with Gasteiger partial charge >= 0.3 is 12.3 Å². The predicted octanol–water partition coefficient (Wildman–Crippen LogP) is 4.19. The molecule has 1 saturated carbocycles. The molecule has 1 spiro atoms. The van der Waals surface area contributed by atoms with Gasteiger partial charge in [-0.25, -0.2) is 0 Å². The van der Waals surface area contributed by atoms with Crippen molar-refractivity contribution in [3.05, 3.63) is 59.2 Å².